The summed E-state index contributed by atoms with van der Waals surface area (Å²) < 4.78 is 30.4. The number of carbonyl (C=O) groups is 1. The highest BCUT2D eigenvalue weighted by molar-refractivity contribution is 9.10. The van der Waals surface area contributed by atoms with Gasteiger partial charge in [0.2, 0.25) is 0 Å². The molecule has 0 unspecified atom stereocenters. The fourth-order valence-corrected chi connectivity index (χ4v) is 5.27. The minimum atomic E-state index is -3.09. The number of halogens is 1. The number of hydrogen-bond acceptors (Lipinski definition) is 4. The molecule has 3 rings (SSSR count). The molecule has 28 heavy (non-hydrogen) atoms. The third-order valence-electron chi connectivity index (χ3n) is 4.93. The summed E-state index contributed by atoms with van der Waals surface area (Å²) in [6.45, 7) is 2.35. The molecule has 1 atom stereocenters. The van der Waals surface area contributed by atoms with E-state index in [1.54, 1.807) is 17.0 Å². The summed E-state index contributed by atoms with van der Waals surface area (Å²) in [7, 11) is -3.09. The van der Waals surface area contributed by atoms with Gasteiger partial charge in [0.05, 0.1) is 11.5 Å². The minimum Gasteiger partial charge on any atom is -0.484 e. The van der Waals surface area contributed by atoms with Crippen LogP contribution in [0.4, 0.5) is 0 Å². The van der Waals surface area contributed by atoms with Crippen LogP contribution in [-0.2, 0) is 27.6 Å². The zero-order chi connectivity index (χ0) is 20.1. The maximum atomic E-state index is 12.9. The van der Waals surface area contributed by atoms with Crippen LogP contribution >= 0.6 is 15.9 Å². The predicted molar refractivity (Wildman–Crippen MR) is 113 cm³/mol. The van der Waals surface area contributed by atoms with Gasteiger partial charge in [0.15, 0.2) is 16.4 Å². The molecule has 2 aromatic carbocycles. The van der Waals surface area contributed by atoms with Crippen molar-refractivity contribution in [3.05, 3.63) is 64.1 Å². The van der Waals surface area contributed by atoms with Crippen molar-refractivity contribution in [3.8, 4) is 5.75 Å². The standard InChI is InChI=1S/C21H24BrNO4S/c1-2-16-3-5-17(6-4-16)13-23(19-11-12-28(25,26)15-19)21(24)14-27-20-9-7-18(22)8-10-20/h3-10,19H,2,11-15H2,1H3/t19-/m0/s1. The second kappa shape index (κ2) is 9.09. The zero-order valence-electron chi connectivity index (χ0n) is 15.8. The Morgan fingerprint density at radius 3 is 2.32 bits per heavy atom. The Hall–Kier alpha value is -1.86. The molecule has 7 heteroatoms. The maximum absolute atomic E-state index is 12.9. The first-order chi connectivity index (χ1) is 13.4. The Labute approximate surface area is 174 Å². The summed E-state index contributed by atoms with van der Waals surface area (Å²) in [4.78, 5) is 14.6. The number of sulfone groups is 1. The van der Waals surface area contributed by atoms with Crippen LogP contribution in [0.25, 0.3) is 0 Å². The SMILES string of the molecule is CCc1ccc(CN(C(=O)COc2ccc(Br)cc2)[C@H]2CCS(=O)(=O)C2)cc1. The molecule has 150 valence electrons. The van der Waals surface area contributed by atoms with Crippen LogP contribution in [0.3, 0.4) is 0 Å². The van der Waals surface area contributed by atoms with E-state index in [0.717, 1.165) is 16.5 Å². The normalized spacial score (nSPS) is 18.0. The molecule has 1 aliphatic rings. The topological polar surface area (TPSA) is 63.7 Å². The van der Waals surface area contributed by atoms with E-state index in [2.05, 4.69) is 22.9 Å². The van der Waals surface area contributed by atoms with Gasteiger partial charge in [0, 0.05) is 17.1 Å². The number of benzene rings is 2. The molecule has 1 amide bonds. The van der Waals surface area contributed by atoms with E-state index in [9.17, 15) is 13.2 Å². The smallest absolute Gasteiger partial charge is 0.261 e. The minimum absolute atomic E-state index is 0.0179. The number of carbonyl (C=O) groups excluding carboxylic acids is 1. The number of aryl methyl sites for hydroxylation is 1. The van der Waals surface area contributed by atoms with Gasteiger partial charge in [-0.2, -0.15) is 0 Å². The van der Waals surface area contributed by atoms with E-state index in [-0.39, 0.29) is 30.1 Å². The Kier molecular flexibility index (Phi) is 6.78. The number of amides is 1. The molecule has 5 nitrogen and oxygen atoms in total. The number of nitrogens with zero attached hydrogens (tertiary/aromatic N) is 1. The largest absolute Gasteiger partial charge is 0.484 e. The van der Waals surface area contributed by atoms with Gasteiger partial charge in [-0.15, -0.1) is 0 Å². The zero-order valence-corrected chi connectivity index (χ0v) is 18.2. The van der Waals surface area contributed by atoms with Crippen molar-refractivity contribution in [1.29, 1.82) is 0 Å². The van der Waals surface area contributed by atoms with Crippen molar-refractivity contribution in [2.45, 2.75) is 32.4 Å². The summed E-state index contributed by atoms with van der Waals surface area (Å²) in [5, 5.41) is 0. The van der Waals surface area contributed by atoms with Crippen molar-refractivity contribution in [3.63, 3.8) is 0 Å². The molecule has 1 saturated heterocycles. The highest BCUT2D eigenvalue weighted by Gasteiger charge is 2.34. The summed E-state index contributed by atoms with van der Waals surface area (Å²) >= 11 is 3.36. The monoisotopic (exact) mass is 465 g/mol. The van der Waals surface area contributed by atoms with E-state index in [1.165, 1.54) is 5.56 Å². The Bertz CT molecular complexity index is 910. The molecule has 0 N–H and O–H groups in total. The van der Waals surface area contributed by atoms with E-state index >= 15 is 0 Å². The molecule has 2 aromatic rings. The average Bonchev–Trinajstić information content (AvgIpc) is 3.05. The van der Waals surface area contributed by atoms with Crippen LogP contribution in [0.2, 0.25) is 0 Å². The van der Waals surface area contributed by atoms with Crippen LogP contribution in [0.5, 0.6) is 5.75 Å². The first-order valence-electron chi connectivity index (χ1n) is 9.32. The number of rotatable bonds is 7. The molecule has 0 saturated carbocycles. The van der Waals surface area contributed by atoms with Gasteiger partial charge in [-0.1, -0.05) is 47.1 Å². The highest BCUT2D eigenvalue weighted by atomic mass is 79.9. The van der Waals surface area contributed by atoms with E-state index in [4.69, 9.17) is 4.74 Å². The molecule has 1 fully saturated rings. The molecular formula is C21H24BrNO4S. The van der Waals surface area contributed by atoms with Crippen LogP contribution in [0.15, 0.2) is 53.0 Å². The average molecular weight is 466 g/mol. The van der Waals surface area contributed by atoms with Gasteiger partial charge < -0.3 is 9.64 Å². The summed E-state index contributed by atoms with van der Waals surface area (Å²) in [6.07, 6.45) is 1.42. The van der Waals surface area contributed by atoms with Crippen molar-refractivity contribution in [1.82, 2.24) is 4.90 Å². The van der Waals surface area contributed by atoms with Crippen LogP contribution < -0.4 is 4.74 Å². The van der Waals surface area contributed by atoms with E-state index < -0.39 is 9.84 Å². The van der Waals surface area contributed by atoms with Gasteiger partial charge >= 0.3 is 0 Å². The highest BCUT2D eigenvalue weighted by Crippen LogP contribution is 2.22. The summed E-state index contributed by atoms with van der Waals surface area (Å²) in [5.41, 5.74) is 2.21. The van der Waals surface area contributed by atoms with Crippen molar-refractivity contribution < 1.29 is 17.9 Å². The number of hydrogen-bond donors (Lipinski definition) is 0. The van der Waals surface area contributed by atoms with Gasteiger partial charge in [-0.25, -0.2) is 8.42 Å². The molecule has 1 aliphatic heterocycles. The van der Waals surface area contributed by atoms with Crippen molar-refractivity contribution in [2.24, 2.45) is 0 Å². The molecule has 0 aromatic heterocycles. The first kappa shape index (κ1) is 20.9. The van der Waals surface area contributed by atoms with Crippen LogP contribution in [0, 0.1) is 0 Å². The lowest BCUT2D eigenvalue weighted by Gasteiger charge is -2.28. The van der Waals surface area contributed by atoms with Crippen molar-refractivity contribution in [2.75, 3.05) is 18.1 Å². The van der Waals surface area contributed by atoms with Gasteiger partial charge in [0.25, 0.3) is 5.91 Å². The summed E-state index contributed by atoms with van der Waals surface area (Å²) in [6, 6.07) is 15.0. The maximum Gasteiger partial charge on any atom is 0.261 e. The lowest BCUT2D eigenvalue weighted by atomic mass is 10.1. The van der Waals surface area contributed by atoms with Gasteiger partial charge in [-0.05, 0) is 48.2 Å². The van der Waals surface area contributed by atoms with E-state index in [0.29, 0.717) is 18.7 Å². The number of ether oxygens (including phenoxy) is 1. The molecule has 0 radical (unpaired) electrons. The van der Waals surface area contributed by atoms with E-state index in [1.807, 2.05) is 36.4 Å². The molecule has 1 heterocycles. The Morgan fingerprint density at radius 2 is 1.75 bits per heavy atom. The summed E-state index contributed by atoms with van der Waals surface area (Å²) in [5.74, 6) is 0.542. The van der Waals surface area contributed by atoms with Gasteiger partial charge in [0.1, 0.15) is 5.75 Å². The van der Waals surface area contributed by atoms with Crippen LogP contribution in [0.1, 0.15) is 24.5 Å². The van der Waals surface area contributed by atoms with Crippen LogP contribution in [-0.4, -0.2) is 43.4 Å². The van der Waals surface area contributed by atoms with Crippen molar-refractivity contribution >= 4 is 31.7 Å². The third kappa shape index (κ3) is 5.58. The second-order valence-corrected chi connectivity index (χ2v) is 10.1. The lowest BCUT2D eigenvalue weighted by Crippen LogP contribution is -2.43. The molecular weight excluding hydrogens is 442 g/mol. The Morgan fingerprint density at radius 1 is 1.11 bits per heavy atom. The molecule has 0 spiro atoms. The second-order valence-electron chi connectivity index (χ2n) is 6.99. The van der Waals surface area contributed by atoms with Gasteiger partial charge in [-0.3, -0.25) is 4.79 Å². The molecule has 0 bridgehead atoms. The quantitative estimate of drug-likeness (QED) is 0.626. The fourth-order valence-electron chi connectivity index (χ4n) is 3.28. The first-order valence-corrected chi connectivity index (χ1v) is 11.9. The fraction of sp³-hybridized carbons (Fsp3) is 0.381. The molecule has 0 aliphatic carbocycles. The third-order valence-corrected chi connectivity index (χ3v) is 7.21. The predicted octanol–water partition coefficient (Wildman–Crippen LogP) is 3.61. The lowest BCUT2D eigenvalue weighted by molar-refractivity contribution is -0.136. The Balaban J connectivity index is 1.72.